The summed E-state index contributed by atoms with van der Waals surface area (Å²) in [6.07, 6.45) is -1.12. The van der Waals surface area contributed by atoms with Gasteiger partial charge in [0.05, 0.1) is 24.9 Å². The molecule has 2 atom stereocenters. The Labute approximate surface area is 164 Å². The van der Waals surface area contributed by atoms with E-state index < -0.39 is 29.7 Å². The van der Waals surface area contributed by atoms with Crippen LogP contribution in [0.15, 0.2) is 41.6 Å². The highest BCUT2D eigenvalue weighted by Gasteiger charge is 2.56. The van der Waals surface area contributed by atoms with Crippen LogP contribution in [-0.2, 0) is 14.4 Å². The van der Waals surface area contributed by atoms with Crippen molar-refractivity contribution < 1.29 is 28.3 Å². The maximum atomic E-state index is 13.8. The van der Waals surface area contributed by atoms with Gasteiger partial charge in [-0.2, -0.15) is 0 Å². The predicted molar refractivity (Wildman–Crippen MR) is 98.3 cm³/mol. The molecule has 1 fully saturated rings. The van der Waals surface area contributed by atoms with Crippen LogP contribution in [0.2, 0.25) is 5.02 Å². The number of anilines is 1. The van der Waals surface area contributed by atoms with E-state index in [-0.39, 0.29) is 16.4 Å². The largest absolute Gasteiger partial charge is 0.497 e. The van der Waals surface area contributed by atoms with Crippen LogP contribution in [0.1, 0.15) is 5.56 Å². The Hall–Kier alpha value is -3.13. The predicted octanol–water partition coefficient (Wildman–Crippen LogP) is 2.79. The van der Waals surface area contributed by atoms with Gasteiger partial charge in [-0.15, -0.1) is 0 Å². The minimum absolute atomic E-state index is 0.0796. The molecule has 2 aromatic rings. The standard InChI is InChI=1S/C19H14ClFN2O5/c1-26-10-4-5-11(14(8-10)27-2)16-15-17(28-22-16)19(25)23(18(15)24)9-3-6-12(20)13(21)7-9/h3-8,15,17H,1-2H3/t15-,17-/m0/s1. The molecule has 2 aliphatic rings. The van der Waals surface area contributed by atoms with E-state index in [2.05, 4.69) is 5.16 Å². The molecule has 0 saturated carbocycles. The molecule has 7 nitrogen and oxygen atoms in total. The SMILES string of the molecule is COc1ccc(C2=NO[C@@H]3C(=O)N(c4ccc(Cl)c(F)c4)C(=O)[C@@H]23)c(OC)c1. The van der Waals surface area contributed by atoms with Crippen LogP contribution in [0.3, 0.4) is 0 Å². The molecule has 2 amide bonds. The fraction of sp³-hybridized carbons (Fsp3) is 0.211. The second-order valence-electron chi connectivity index (χ2n) is 6.16. The molecule has 0 aliphatic carbocycles. The van der Waals surface area contributed by atoms with E-state index in [1.165, 1.54) is 26.4 Å². The van der Waals surface area contributed by atoms with E-state index in [9.17, 15) is 14.0 Å². The lowest BCUT2D eigenvalue weighted by atomic mass is 9.93. The van der Waals surface area contributed by atoms with Gasteiger partial charge < -0.3 is 14.3 Å². The summed E-state index contributed by atoms with van der Waals surface area (Å²) in [7, 11) is 2.99. The van der Waals surface area contributed by atoms with E-state index >= 15 is 0 Å². The van der Waals surface area contributed by atoms with Gasteiger partial charge in [-0.3, -0.25) is 9.59 Å². The number of fused-ring (bicyclic) bond motifs is 1. The molecule has 0 radical (unpaired) electrons. The van der Waals surface area contributed by atoms with Crippen molar-refractivity contribution in [1.29, 1.82) is 0 Å². The van der Waals surface area contributed by atoms with Crippen LogP contribution in [-0.4, -0.2) is 37.8 Å². The van der Waals surface area contributed by atoms with Crippen molar-refractivity contribution in [3.63, 3.8) is 0 Å². The first-order valence-corrected chi connectivity index (χ1v) is 8.63. The third-order valence-electron chi connectivity index (χ3n) is 4.66. The number of oxime groups is 1. The number of imide groups is 1. The zero-order valence-electron chi connectivity index (χ0n) is 14.8. The molecule has 0 N–H and O–H groups in total. The third-order valence-corrected chi connectivity index (χ3v) is 4.96. The molecule has 2 aliphatic heterocycles. The first kappa shape index (κ1) is 18.2. The number of carbonyl (C=O) groups is 2. The summed E-state index contributed by atoms with van der Waals surface area (Å²) < 4.78 is 24.4. The third kappa shape index (κ3) is 2.68. The van der Waals surface area contributed by atoms with Crippen molar-refractivity contribution in [2.24, 2.45) is 11.1 Å². The lowest BCUT2D eigenvalue weighted by molar-refractivity contribution is -0.126. The summed E-state index contributed by atoms with van der Waals surface area (Å²) in [6.45, 7) is 0. The lowest BCUT2D eigenvalue weighted by Gasteiger charge is -2.16. The number of halogens is 2. The molecule has 0 bridgehead atoms. The average molecular weight is 405 g/mol. The van der Waals surface area contributed by atoms with Gasteiger partial charge in [-0.1, -0.05) is 16.8 Å². The molecule has 2 heterocycles. The molecule has 4 rings (SSSR count). The first-order valence-electron chi connectivity index (χ1n) is 8.25. The Morgan fingerprint density at radius 3 is 2.57 bits per heavy atom. The van der Waals surface area contributed by atoms with Gasteiger partial charge in [0.2, 0.25) is 12.0 Å². The van der Waals surface area contributed by atoms with Crippen molar-refractivity contribution in [2.45, 2.75) is 6.10 Å². The summed E-state index contributed by atoms with van der Waals surface area (Å²) in [5.74, 6) is -1.91. The molecule has 28 heavy (non-hydrogen) atoms. The van der Waals surface area contributed by atoms with E-state index in [0.29, 0.717) is 17.1 Å². The van der Waals surface area contributed by atoms with Gasteiger partial charge in [-0.25, -0.2) is 9.29 Å². The van der Waals surface area contributed by atoms with Gasteiger partial charge >= 0.3 is 0 Å². The Morgan fingerprint density at radius 1 is 1.11 bits per heavy atom. The van der Waals surface area contributed by atoms with E-state index in [4.69, 9.17) is 25.9 Å². The van der Waals surface area contributed by atoms with Gasteiger partial charge in [0.15, 0.2) is 0 Å². The van der Waals surface area contributed by atoms with E-state index in [1.54, 1.807) is 18.2 Å². The van der Waals surface area contributed by atoms with Crippen molar-refractivity contribution in [1.82, 2.24) is 0 Å². The highest BCUT2D eigenvalue weighted by atomic mass is 35.5. The minimum atomic E-state index is -1.12. The van der Waals surface area contributed by atoms with Crippen LogP contribution in [0, 0.1) is 11.7 Å². The summed E-state index contributed by atoms with van der Waals surface area (Å²) in [4.78, 5) is 31.9. The number of benzene rings is 2. The summed E-state index contributed by atoms with van der Waals surface area (Å²) in [5, 5.41) is 3.84. The average Bonchev–Trinajstić information content (AvgIpc) is 3.24. The number of nitrogens with zero attached hydrogens (tertiary/aromatic N) is 2. The maximum absolute atomic E-state index is 13.8. The molecule has 0 unspecified atom stereocenters. The minimum Gasteiger partial charge on any atom is -0.497 e. The van der Waals surface area contributed by atoms with Gasteiger partial charge in [-0.05, 0) is 30.3 Å². The Kier molecular flexibility index (Phi) is 4.43. The lowest BCUT2D eigenvalue weighted by Crippen LogP contribution is -2.33. The molecule has 0 spiro atoms. The maximum Gasteiger partial charge on any atom is 0.278 e. The van der Waals surface area contributed by atoms with E-state index in [0.717, 1.165) is 11.0 Å². The number of rotatable bonds is 4. The van der Waals surface area contributed by atoms with Crippen molar-refractivity contribution >= 4 is 34.8 Å². The van der Waals surface area contributed by atoms with Gasteiger partial charge in [0.25, 0.3) is 5.91 Å². The van der Waals surface area contributed by atoms with Crippen molar-refractivity contribution in [2.75, 3.05) is 19.1 Å². The van der Waals surface area contributed by atoms with E-state index in [1.807, 2.05) is 0 Å². The molecule has 9 heteroatoms. The van der Waals surface area contributed by atoms with Crippen LogP contribution < -0.4 is 14.4 Å². The highest BCUT2D eigenvalue weighted by molar-refractivity contribution is 6.33. The normalized spacial score (nSPS) is 20.7. The van der Waals surface area contributed by atoms with Crippen LogP contribution >= 0.6 is 11.6 Å². The first-order chi connectivity index (χ1) is 13.5. The number of hydrogen-bond acceptors (Lipinski definition) is 6. The number of hydrogen-bond donors (Lipinski definition) is 0. The molecule has 1 saturated heterocycles. The molecule has 2 aromatic carbocycles. The summed E-state index contributed by atoms with van der Waals surface area (Å²) in [5.41, 5.74) is 0.844. The Morgan fingerprint density at radius 2 is 1.89 bits per heavy atom. The van der Waals surface area contributed by atoms with Crippen LogP contribution in [0.4, 0.5) is 10.1 Å². The quantitative estimate of drug-likeness (QED) is 0.732. The molecular weight excluding hydrogens is 391 g/mol. The van der Waals surface area contributed by atoms with Crippen LogP contribution in [0.5, 0.6) is 11.5 Å². The van der Waals surface area contributed by atoms with Gasteiger partial charge in [0.1, 0.15) is 28.9 Å². The summed E-state index contributed by atoms with van der Waals surface area (Å²) in [6, 6.07) is 8.70. The smallest absolute Gasteiger partial charge is 0.278 e. The topological polar surface area (TPSA) is 77.4 Å². The molecule has 144 valence electrons. The zero-order valence-corrected chi connectivity index (χ0v) is 15.6. The fourth-order valence-corrected chi connectivity index (χ4v) is 3.41. The van der Waals surface area contributed by atoms with Crippen molar-refractivity contribution in [3.05, 3.63) is 52.8 Å². The Bertz CT molecular complexity index is 1030. The number of ether oxygens (including phenoxy) is 2. The Balaban J connectivity index is 1.72. The highest BCUT2D eigenvalue weighted by Crippen LogP contribution is 2.38. The monoisotopic (exact) mass is 404 g/mol. The van der Waals surface area contributed by atoms with Crippen molar-refractivity contribution in [3.8, 4) is 11.5 Å². The second-order valence-corrected chi connectivity index (χ2v) is 6.56. The fourth-order valence-electron chi connectivity index (χ4n) is 3.29. The number of methoxy groups -OCH3 is 2. The second kappa shape index (κ2) is 6.79. The van der Waals surface area contributed by atoms with Gasteiger partial charge in [0, 0.05) is 11.6 Å². The summed E-state index contributed by atoms with van der Waals surface area (Å²) >= 11 is 5.69. The van der Waals surface area contributed by atoms with Crippen LogP contribution in [0.25, 0.3) is 0 Å². The molecular formula is C19H14ClFN2O5. The number of amides is 2. The zero-order chi connectivity index (χ0) is 20.0. The number of carbonyl (C=O) groups excluding carboxylic acids is 2. The molecule has 0 aromatic heterocycles.